The lowest BCUT2D eigenvalue weighted by Gasteiger charge is -2.14. The summed E-state index contributed by atoms with van der Waals surface area (Å²) in [4.78, 5) is 15.7. The van der Waals surface area contributed by atoms with Crippen molar-refractivity contribution in [2.45, 2.75) is 0 Å². The fraction of sp³-hybridized carbons (Fsp3) is 0. The molecule has 0 aliphatic rings. The van der Waals surface area contributed by atoms with Crippen LogP contribution < -0.4 is 0 Å². The van der Waals surface area contributed by atoms with E-state index in [1.807, 2.05) is 30.3 Å². The molecule has 5 heteroatoms. The van der Waals surface area contributed by atoms with Crippen molar-refractivity contribution in [3.05, 3.63) is 200 Å². The molecule has 0 aliphatic heterocycles. The predicted molar refractivity (Wildman–Crippen MR) is 254 cm³/mol. The second-order valence-electron chi connectivity index (χ2n) is 15.9. The average Bonchev–Trinajstić information content (AvgIpc) is 3.92. The summed E-state index contributed by atoms with van der Waals surface area (Å²) in [5.41, 5.74) is 10.3. The number of furan rings is 2. The maximum atomic E-state index is 6.77. The molecule has 3 heterocycles. The van der Waals surface area contributed by atoms with Gasteiger partial charge in [-0.2, -0.15) is 0 Å². The second-order valence-corrected chi connectivity index (χ2v) is 15.9. The lowest BCUT2D eigenvalue weighted by molar-refractivity contribution is 0.669. The molecule has 3 aromatic heterocycles. The summed E-state index contributed by atoms with van der Waals surface area (Å²) in [6.45, 7) is 0. The van der Waals surface area contributed by atoms with Gasteiger partial charge in [-0.15, -0.1) is 0 Å². The summed E-state index contributed by atoms with van der Waals surface area (Å²) < 4.78 is 13.3. The minimum absolute atomic E-state index is 0.549. The number of hydrogen-bond donors (Lipinski definition) is 0. The van der Waals surface area contributed by atoms with Crippen molar-refractivity contribution in [1.29, 1.82) is 0 Å². The molecule has 0 spiro atoms. The molecule has 0 bridgehead atoms. The van der Waals surface area contributed by atoms with E-state index in [9.17, 15) is 0 Å². The van der Waals surface area contributed by atoms with Gasteiger partial charge in [-0.3, -0.25) is 0 Å². The molecule has 10 aromatic carbocycles. The highest BCUT2D eigenvalue weighted by Crippen LogP contribution is 2.44. The van der Waals surface area contributed by atoms with Crippen LogP contribution in [0.4, 0.5) is 0 Å². The number of nitrogens with zero attached hydrogens (tertiary/aromatic N) is 3. The molecule has 13 aromatic rings. The Kier molecular flexibility index (Phi) is 7.54. The Morgan fingerprint density at radius 3 is 1.56 bits per heavy atom. The minimum atomic E-state index is 0.549. The molecule has 0 N–H and O–H groups in total. The van der Waals surface area contributed by atoms with E-state index in [1.54, 1.807) is 0 Å². The predicted octanol–water partition coefficient (Wildman–Crippen LogP) is 15.5. The van der Waals surface area contributed by atoms with Gasteiger partial charge in [0.2, 0.25) is 0 Å². The maximum Gasteiger partial charge on any atom is 0.167 e. The van der Waals surface area contributed by atoms with Crippen molar-refractivity contribution in [2.24, 2.45) is 0 Å². The first-order valence-corrected chi connectivity index (χ1v) is 20.8. The summed E-state index contributed by atoms with van der Waals surface area (Å²) in [7, 11) is 0. The molecule has 0 saturated carbocycles. The quantitative estimate of drug-likeness (QED) is 0.174. The van der Waals surface area contributed by atoms with Gasteiger partial charge >= 0.3 is 0 Å². The van der Waals surface area contributed by atoms with Crippen molar-refractivity contribution in [1.82, 2.24) is 15.0 Å². The van der Waals surface area contributed by atoms with Crippen molar-refractivity contribution in [3.63, 3.8) is 0 Å². The zero-order chi connectivity index (χ0) is 40.7. The molecule has 0 unspecified atom stereocenters. The molecule has 13 rings (SSSR count). The Labute approximate surface area is 355 Å². The fourth-order valence-electron chi connectivity index (χ4n) is 9.38. The topological polar surface area (TPSA) is 65.0 Å². The van der Waals surface area contributed by atoms with Crippen LogP contribution in [0.1, 0.15) is 0 Å². The highest BCUT2D eigenvalue weighted by molar-refractivity contribution is 6.18. The van der Waals surface area contributed by atoms with Crippen molar-refractivity contribution >= 4 is 76.2 Å². The van der Waals surface area contributed by atoms with Crippen LogP contribution in [0.25, 0.3) is 133 Å². The lowest BCUT2D eigenvalue weighted by Crippen LogP contribution is -2.01. The third-order valence-corrected chi connectivity index (χ3v) is 12.3. The molecule has 288 valence electrons. The van der Waals surface area contributed by atoms with Gasteiger partial charge in [-0.05, 0) is 85.4 Å². The average molecular weight is 792 g/mol. The SMILES string of the molecule is c1ccc2cc(-c3nc(-c4ccc(-c5cccc6oc7c(-c8ccc9ccccc9c8)cccc7c56)c5ccccc45)nc(-c4cccc5c4oc4ccccc45)n3)ccc2c1. The molecule has 0 aliphatic carbocycles. The molecule has 0 fully saturated rings. The molecule has 62 heavy (non-hydrogen) atoms. The van der Waals surface area contributed by atoms with Gasteiger partial charge < -0.3 is 8.83 Å². The van der Waals surface area contributed by atoms with Gasteiger partial charge in [0.25, 0.3) is 0 Å². The molecule has 0 amide bonds. The largest absolute Gasteiger partial charge is 0.455 e. The third kappa shape index (κ3) is 5.38. The minimum Gasteiger partial charge on any atom is -0.455 e. The lowest BCUT2D eigenvalue weighted by atomic mass is 9.91. The zero-order valence-corrected chi connectivity index (χ0v) is 33.2. The Hall–Kier alpha value is -8.41. The molecule has 5 nitrogen and oxygen atoms in total. The van der Waals surface area contributed by atoms with Crippen molar-refractivity contribution in [2.75, 3.05) is 0 Å². The van der Waals surface area contributed by atoms with Crippen LogP contribution in [-0.2, 0) is 0 Å². The number of aromatic nitrogens is 3. The first kappa shape index (κ1) is 34.5. The standard InChI is InChI=1S/C57H33N3O2/c1-3-14-36-32-38(28-26-34(36)12-1)40-19-9-22-48-52-45(20-11-25-51(52)62-53(40)48)43-30-31-47(42-17-6-5-16-41(42)43)56-58-55(39-29-27-35-13-2-4-15-37(35)33-39)59-57(60-56)49-23-10-21-46-44-18-7-8-24-50(44)61-54(46)49/h1-33H. The number of hydrogen-bond acceptors (Lipinski definition) is 5. The summed E-state index contributed by atoms with van der Waals surface area (Å²) in [5, 5.41) is 11.1. The Morgan fingerprint density at radius 1 is 0.274 bits per heavy atom. The van der Waals surface area contributed by atoms with Gasteiger partial charge in [0.15, 0.2) is 17.5 Å². The van der Waals surface area contributed by atoms with Crippen LogP contribution in [0, 0.1) is 0 Å². The molecular formula is C57H33N3O2. The van der Waals surface area contributed by atoms with Crippen LogP contribution in [0.5, 0.6) is 0 Å². The van der Waals surface area contributed by atoms with Gasteiger partial charge in [-0.1, -0.05) is 164 Å². The van der Waals surface area contributed by atoms with E-state index in [1.165, 1.54) is 10.8 Å². The van der Waals surface area contributed by atoms with Crippen LogP contribution >= 0.6 is 0 Å². The van der Waals surface area contributed by atoms with E-state index in [2.05, 4.69) is 170 Å². The third-order valence-electron chi connectivity index (χ3n) is 12.3. The van der Waals surface area contributed by atoms with E-state index in [-0.39, 0.29) is 0 Å². The van der Waals surface area contributed by atoms with Gasteiger partial charge in [0, 0.05) is 38.2 Å². The monoisotopic (exact) mass is 791 g/mol. The fourth-order valence-corrected chi connectivity index (χ4v) is 9.38. The first-order chi connectivity index (χ1) is 30.7. The molecular weight excluding hydrogens is 759 g/mol. The van der Waals surface area contributed by atoms with E-state index < -0.39 is 0 Å². The van der Waals surface area contributed by atoms with E-state index in [0.717, 1.165) is 104 Å². The normalized spacial score (nSPS) is 11.9. The Balaban J connectivity index is 1.01. The highest BCUT2D eigenvalue weighted by atomic mass is 16.3. The van der Waals surface area contributed by atoms with Crippen LogP contribution in [0.3, 0.4) is 0 Å². The van der Waals surface area contributed by atoms with Crippen molar-refractivity contribution in [3.8, 4) is 56.4 Å². The maximum absolute atomic E-state index is 6.77. The number of fused-ring (bicyclic) bond motifs is 9. The van der Waals surface area contributed by atoms with E-state index in [4.69, 9.17) is 23.8 Å². The molecule has 0 atom stereocenters. The van der Waals surface area contributed by atoms with Crippen LogP contribution in [0.15, 0.2) is 209 Å². The summed E-state index contributed by atoms with van der Waals surface area (Å²) in [5.74, 6) is 1.72. The van der Waals surface area contributed by atoms with Crippen molar-refractivity contribution < 1.29 is 8.83 Å². The van der Waals surface area contributed by atoms with E-state index >= 15 is 0 Å². The van der Waals surface area contributed by atoms with Crippen LogP contribution in [-0.4, -0.2) is 15.0 Å². The number of benzene rings is 10. The van der Waals surface area contributed by atoms with Crippen LogP contribution in [0.2, 0.25) is 0 Å². The Bertz CT molecular complexity index is 3950. The number of para-hydroxylation sites is 3. The molecule has 0 saturated heterocycles. The molecule has 0 radical (unpaired) electrons. The number of rotatable bonds is 5. The Morgan fingerprint density at radius 2 is 0.774 bits per heavy atom. The van der Waals surface area contributed by atoms with E-state index in [0.29, 0.717) is 17.5 Å². The highest BCUT2D eigenvalue weighted by Gasteiger charge is 2.22. The summed E-state index contributed by atoms with van der Waals surface area (Å²) in [6.07, 6.45) is 0. The zero-order valence-electron chi connectivity index (χ0n) is 33.2. The second kappa shape index (κ2) is 13.6. The van der Waals surface area contributed by atoms with Gasteiger partial charge in [0.1, 0.15) is 22.3 Å². The van der Waals surface area contributed by atoms with Gasteiger partial charge in [0.05, 0.1) is 5.56 Å². The van der Waals surface area contributed by atoms with Gasteiger partial charge in [-0.25, -0.2) is 15.0 Å². The first-order valence-electron chi connectivity index (χ1n) is 20.8. The summed E-state index contributed by atoms with van der Waals surface area (Å²) in [6, 6.07) is 69.9. The summed E-state index contributed by atoms with van der Waals surface area (Å²) >= 11 is 0. The smallest absolute Gasteiger partial charge is 0.167 e.